The highest BCUT2D eigenvalue weighted by Crippen LogP contribution is 2.31. The van der Waals surface area contributed by atoms with Gasteiger partial charge in [-0.2, -0.15) is 0 Å². The van der Waals surface area contributed by atoms with Crippen molar-refractivity contribution in [1.82, 2.24) is 25.2 Å². The molecule has 3 rings (SSSR count). The summed E-state index contributed by atoms with van der Waals surface area (Å²) in [5, 5.41) is 3.40. The Morgan fingerprint density at radius 1 is 1.33 bits per heavy atom. The number of aromatic nitrogens is 3. The van der Waals surface area contributed by atoms with E-state index in [1.54, 1.807) is 12.4 Å². The minimum Gasteiger partial charge on any atom is -0.351 e. The molecule has 1 atom stereocenters. The lowest BCUT2D eigenvalue weighted by Gasteiger charge is -2.23. The third-order valence-electron chi connectivity index (χ3n) is 4.08. The topological polar surface area (TPSA) is 71.0 Å². The van der Waals surface area contributed by atoms with Gasteiger partial charge in [0.15, 0.2) is 0 Å². The second-order valence-corrected chi connectivity index (χ2v) is 6.38. The first-order chi connectivity index (χ1) is 11.6. The fourth-order valence-electron chi connectivity index (χ4n) is 2.94. The van der Waals surface area contributed by atoms with Crippen LogP contribution in [0.3, 0.4) is 0 Å². The SMILES string of the molecule is CC(=O)NCc1cncc([C@H]2CCCN2Cc2ccc(Cl)cn2)n1. The molecule has 1 N–H and O–H groups in total. The third-order valence-corrected chi connectivity index (χ3v) is 4.30. The van der Waals surface area contributed by atoms with Crippen molar-refractivity contribution in [3.8, 4) is 0 Å². The predicted octanol–water partition coefficient (Wildman–Crippen LogP) is 2.50. The Morgan fingerprint density at radius 3 is 2.96 bits per heavy atom. The summed E-state index contributed by atoms with van der Waals surface area (Å²) in [6.07, 6.45) is 7.35. The summed E-state index contributed by atoms with van der Waals surface area (Å²) in [6, 6.07) is 4.05. The van der Waals surface area contributed by atoms with E-state index in [1.165, 1.54) is 6.92 Å². The molecule has 0 saturated carbocycles. The fraction of sp³-hybridized carbons (Fsp3) is 0.412. The zero-order chi connectivity index (χ0) is 16.9. The van der Waals surface area contributed by atoms with Crippen molar-refractivity contribution in [2.45, 2.75) is 38.9 Å². The average Bonchev–Trinajstić information content (AvgIpc) is 3.03. The van der Waals surface area contributed by atoms with Crippen molar-refractivity contribution in [1.29, 1.82) is 0 Å². The Bertz CT molecular complexity index is 706. The molecule has 0 bridgehead atoms. The van der Waals surface area contributed by atoms with E-state index in [4.69, 9.17) is 11.6 Å². The largest absolute Gasteiger partial charge is 0.351 e. The van der Waals surface area contributed by atoms with Gasteiger partial charge in [0.25, 0.3) is 0 Å². The summed E-state index contributed by atoms with van der Waals surface area (Å²) in [4.78, 5) is 26.8. The standard InChI is InChI=1S/C17H20ClN5O/c1-12(24)20-9-15-8-19-10-16(22-15)17-3-2-6-23(17)11-14-5-4-13(18)7-21-14/h4-5,7-8,10,17H,2-3,6,9,11H2,1H3,(H,20,24)/t17-/m1/s1. The molecular weight excluding hydrogens is 326 g/mol. The van der Waals surface area contributed by atoms with Crippen molar-refractivity contribution >= 4 is 17.5 Å². The lowest BCUT2D eigenvalue weighted by Crippen LogP contribution is -2.25. The second kappa shape index (κ2) is 7.68. The van der Waals surface area contributed by atoms with Gasteiger partial charge >= 0.3 is 0 Å². The smallest absolute Gasteiger partial charge is 0.217 e. The van der Waals surface area contributed by atoms with Crippen molar-refractivity contribution in [2.75, 3.05) is 6.54 Å². The Balaban J connectivity index is 1.71. The monoisotopic (exact) mass is 345 g/mol. The van der Waals surface area contributed by atoms with Crippen molar-refractivity contribution in [3.63, 3.8) is 0 Å². The number of hydrogen-bond donors (Lipinski definition) is 1. The minimum absolute atomic E-state index is 0.0708. The van der Waals surface area contributed by atoms with E-state index in [9.17, 15) is 4.79 Å². The maximum absolute atomic E-state index is 11.1. The highest BCUT2D eigenvalue weighted by molar-refractivity contribution is 6.30. The number of pyridine rings is 1. The van der Waals surface area contributed by atoms with E-state index < -0.39 is 0 Å². The lowest BCUT2D eigenvalue weighted by atomic mass is 10.1. The van der Waals surface area contributed by atoms with Gasteiger partial charge in [-0.25, -0.2) is 0 Å². The maximum atomic E-state index is 11.1. The second-order valence-electron chi connectivity index (χ2n) is 5.94. The number of carbonyl (C=O) groups excluding carboxylic acids is 1. The number of nitrogens with zero attached hydrogens (tertiary/aromatic N) is 4. The predicted molar refractivity (Wildman–Crippen MR) is 91.2 cm³/mol. The van der Waals surface area contributed by atoms with Crippen molar-refractivity contribution < 1.29 is 4.79 Å². The summed E-state index contributed by atoms with van der Waals surface area (Å²) < 4.78 is 0. The molecule has 0 radical (unpaired) electrons. The number of carbonyl (C=O) groups is 1. The molecule has 0 aliphatic carbocycles. The Labute approximate surface area is 146 Å². The van der Waals surface area contributed by atoms with Gasteiger partial charge in [-0.1, -0.05) is 11.6 Å². The van der Waals surface area contributed by atoms with Gasteiger partial charge in [0.2, 0.25) is 5.91 Å². The number of hydrogen-bond acceptors (Lipinski definition) is 5. The molecule has 126 valence electrons. The summed E-state index contributed by atoms with van der Waals surface area (Å²) in [5.74, 6) is -0.0708. The average molecular weight is 346 g/mol. The van der Waals surface area contributed by atoms with Crippen LogP contribution in [0.5, 0.6) is 0 Å². The van der Waals surface area contributed by atoms with Crippen LogP contribution >= 0.6 is 11.6 Å². The fourth-order valence-corrected chi connectivity index (χ4v) is 3.05. The Morgan fingerprint density at radius 2 is 2.21 bits per heavy atom. The molecule has 7 heteroatoms. The summed E-state index contributed by atoms with van der Waals surface area (Å²) in [7, 11) is 0. The van der Waals surface area contributed by atoms with Crippen molar-refractivity contribution in [2.24, 2.45) is 0 Å². The lowest BCUT2D eigenvalue weighted by molar-refractivity contribution is -0.119. The molecule has 24 heavy (non-hydrogen) atoms. The van der Waals surface area contributed by atoms with Gasteiger partial charge in [-0.05, 0) is 31.5 Å². The van der Waals surface area contributed by atoms with Gasteiger partial charge in [0.1, 0.15) is 0 Å². The number of halogens is 1. The molecule has 2 aromatic heterocycles. The van der Waals surface area contributed by atoms with E-state index >= 15 is 0 Å². The number of likely N-dealkylation sites (tertiary alicyclic amines) is 1. The summed E-state index contributed by atoms with van der Waals surface area (Å²) >= 11 is 5.90. The molecule has 1 aliphatic rings. The zero-order valence-electron chi connectivity index (χ0n) is 13.6. The van der Waals surface area contributed by atoms with E-state index in [2.05, 4.69) is 25.2 Å². The van der Waals surface area contributed by atoms with E-state index in [-0.39, 0.29) is 11.9 Å². The minimum atomic E-state index is -0.0708. The van der Waals surface area contributed by atoms with Gasteiger partial charge < -0.3 is 5.32 Å². The van der Waals surface area contributed by atoms with Crippen LogP contribution in [0.15, 0.2) is 30.7 Å². The molecule has 3 heterocycles. The highest BCUT2D eigenvalue weighted by atomic mass is 35.5. The Hall–Kier alpha value is -2.05. The van der Waals surface area contributed by atoms with Gasteiger partial charge in [-0.15, -0.1) is 0 Å². The zero-order valence-corrected chi connectivity index (χ0v) is 14.3. The summed E-state index contributed by atoms with van der Waals surface area (Å²) in [6.45, 7) is 3.67. The van der Waals surface area contributed by atoms with Crippen LogP contribution in [0.4, 0.5) is 0 Å². The molecule has 1 saturated heterocycles. The van der Waals surface area contributed by atoms with Gasteiger partial charge in [-0.3, -0.25) is 24.6 Å². The van der Waals surface area contributed by atoms with Crippen molar-refractivity contribution in [3.05, 3.63) is 52.8 Å². The molecule has 1 aliphatic heterocycles. The van der Waals surface area contributed by atoms with Crippen LogP contribution in [-0.2, 0) is 17.9 Å². The van der Waals surface area contributed by atoms with Crippen LogP contribution in [0, 0.1) is 0 Å². The van der Waals surface area contributed by atoms with E-state index in [1.807, 2.05) is 18.3 Å². The molecule has 0 unspecified atom stereocenters. The molecule has 1 amide bonds. The first-order valence-corrected chi connectivity index (χ1v) is 8.39. The molecule has 2 aromatic rings. The first-order valence-electron chi connectivity index (χ1n) is 8.01. The van der Waals surface area contributed by atoms with Crippen LogP contribution in [0.1, 0.15) is 42.9 Å². The first kappa shape index (κ1) is 16.8. The summed E-state index contributed by atoms with van der Waals surface area (Å²) in [5.41, 5.74) is 2.72. The molecule has 0 aromatic carbocycles. The maximum Gasteiger partial charge on any atom is 0.217 e. The van der Waals surface area contributed by atoms with E-state index in [0.29, 0.717) is 11.6 Å². The van der Waals surface area contributed by atoms with Crippen LogP contribution in [0.2, 0.25) is 5.02 Å². The van der Waals surface area contributed by atoms with Crippen LogP contribution in [-0.4, -0.2) is 32.3 Å². The quantitative estimate of drug-likeness (QED) is 0.901. The Kier molecular flexibility index (Phi) is 5.37. The molecule has 6 nitrogen and oxygen atoms in total. The third kappa shape index (κ3) is 4.27. The molecule has 1 fully saturated rings. The van der Waals surface area contributed by atoms with E-state index in [0.717, 1.165) is 43.0 Å². The van der Waals surface area contributed by atoms with Gasteiger partial charge in [0, 0.05) is 19.7 Å². The van der Waals surface area contributed by atoms with Crippen LogP contribution < -0.4 is 5.32 Å². The van der Waals surface area contributed by atoms with Gasteiger partial charge in [0.05, 0.1) is 47.1 Å². The van der Waals surface area contributed by atoms with Crippen LogP contribution in [0.25, 0.3) is 0 Å². The normalized spacial score (nSPS) is 17.8. The molecular formula is C17H20ClN5O. The molecule has 0 spiro atoms. The number of amides is 1. The number of rotatable bonds is 5. The number of nitrogens with one attached hydrogen (secondary N) is 1. The highest BCUT2D eigenvalue weighted by Gasteiger charge is 2.27.